The smallest absolute Gasteiger partial charge is 0.0787 e. The summed E-state index contributed by atoms with van der Waals surface area (Å²) < 4.78 is 0. The van der Waals surface area contributed by atoms with Crippen molar-refractivity contribution < 1.29 is 5.11 Å². The molecular weight excluding hydrogens is 236 g/mol. The quantitative estimate of drug-likeness (QED) is 0.903. The Labute approximate surface area is 116 Å². The van der Waals surface area contributed by atoms with E-state index in [1.54, 1.807) is 0 Å². The van der Waals surface area contributed by atoms with E-state index < -0.39 is 0 Å². The molecule has 0 radical (unpaired) electrons. The molecule has 19 heavy (non-hydrogen) atoms. The van der Waals surface area contributed by atoms with Crippen LogP contribution in [-0.2, 0) is 0 Å². The zero-order valence-electron chi connectivity index (χ0n) is 12.3. The van der Waals surface area contributed by atoms with Crippen molar-refractivity contribution in [1.29, 1.82) is 0 Å². The summed E-state index contributed by atoms with van der Waals surface area (Å²) in [6.07, 6.45) is 2.90. The number of anilines is 1. The van der Waals surface area contributed by atoms with Crippen LogP contribution in [0.3, 0.4) is 0 Å². The van der Waals surface area contributed by atoms with Crippen LogP contribution in [0.4, 0.5) is 5.69 Å². The highest BCUT2D eigenvalue weighted by Crippen LogP contribution is 2.24. The van der Waals surface area contributed by atoms with Crippen LogP contribution in [0.2, 0.25) is 0 Å². The Morgan fingerprint density at radius 3 is 2.26 bits per heavy atom. The molecule has 1 heterocycles. The molecule has 1 aromatic rings. The Morgan fingerprint density at radius 2 is 1.79 bits per heavy atom. The van der Waals surface area contributed by atoms with Gasteiger partial charge in [-0.05, 0) is 51.1 Å². The van der Waals surface area contributed by atoms with Crippen molar-refractivity contribution in [2.45, 2.75) is 38.3 Å². The second kappa shape index (κ2) is 6.40. The average molecular weight is 262 g/mol. The zero-order chi connectivity index (χ0) is 13.8. The summed E-state index contributed by atoms with van der Waals surface area (Å²) in [4.78, 5) is 4.78. The first kappa shape index (κ1) is 14.4. The van der Waals surface area contributed by atoms with E-state index in [0.29, 0.717) is 0 Å². The number of benzene rings is 1. The molecule has 1 fully saturated rings. The standard InChI is InChI=1S/C16H26N2O/c1-4-16(19)13-5-7-15(8-6-13)18-11-9-14(10-12-18)17(2)3/h5-8,14,16,19H,4,9-12H2,1-3H3. The van der Waals surface area contributed by atoms with E-state index in [2.05, 4.69) is 48.2 Å². The van der Waals surface area contributed by atoms with Gasteiger partial charge in [0.05, 0.1) is 6.10 Å². The molecule has 106 valence electrons. The molecule has 0 amide bonds. The lowest BCUT2D eigenvalue weighted by atomic mass is 10.0. The number of aliphatic hydroxyl groups is 1. The van der Waals surface area contributed by atoms with Crippen molar-refractivity contribution in [3.8, 4) is 0 Å². The average Bonchev–Trinajstić information content (AvgIpc) is 2.46. The summed E-state index contributed by atoms with van der Waals surface area (Å²) in [5.74, 6) is 0. The third-order valence-corrected chi connectivity index (χ3v) is 4.22. The topological polar surface area (TPSA) is 26.7 Å². The van der Waals surface area contributed by atoms with Crippen molar-refractivity contribution in [3.05, 3.63) is 29.8 Å². The minimum Gasteiger partial charge on any atom is -0.388 e. The number of rotatable bonds is 4. The van der Waals surface area contributed by atoms with E-state index in [1.807, 2.05) is 6.92 Å². The second-order valence-corrected chi connectivity index (χ2v) is 5.70. The molecule has 2 rings (SSSR count). The van der Waals surface area contributed by atoms with Gasteiger partial charge < -0.3 is 14.9 Å². The number of hydrogen-bond donors (Lipinski definition) is 1. The fourth-order valence-electron chi connectivity index (χ4n) is 2.78. The van der Waals surface area contributed by atoms with Crippen molar-refractivity contribution in [1.82, 2.24) is 4.90 Å². The highest BCUT2D eigenvalue weighted by atomic mass is 16.3. The summed E-state index contributed by atoms with van der Waals surface area (Å²) in [5, 5.41) is 9.81. The Balaban J connectivity index is 1.96. The van der Waals surface area contributed by atoms with E-state index in [4.69, 9.17) is 0 Å². The maximum Gasteiger partial charge on any atom is 0.0787 e. The molecule has 1 aromatic carbocycles. The molecular formula is C16H26N2O. The first-order chi connectivity index (χ1) is 9.11. The lowest BCUT2D eigenvalue weighted by Crippen LogP contribution is -2.41. The minimum atomic E-state index is -0.325. The van der Waals surface area contributed by atoms with Gasteiger partial charge in [-0.2, -0.15) is 0 Å². The van der Waals surface area contributed by atoms with Crippen molar-refractivity contribution in [3.63, 3.8) is 0 Å². The maximum atomic E-state index is 9.81. The first-order valence-corrected chi connectivity index (χ1v) is 7.31. The maximum absolute atomic E-state index is 9.81. The molecule has 0 aliphatic carbocycles. The van der Waals surface area contributed by atoms with E-state index in [0.717, 1.165) is 31.1 Å². The second-order valence-electron chi connectivity index (χ2n) is 5.70. The van der Waals surface area contributed by atoms with E-state index in [1.165, 1.54) is 18.5 Å². The largest absolute Gasteiger partial charge is 0.388 e. The predicted octanol–water partition coefficient (Wildman–Crippen LogP) is 2.66. The molecule has 1 atom stereocenters. The Hall–Kier alpha value is -1.06. The van der Waals surface area contributed by atoms with Gasteiger partial charge in [-0.15, -0.1) is 0 Å². The highest BCUT2D eigenvalue weighted by Gasteiger charge is 2.20. The first-order valence-electron chi connectivity index (χ1n) is 7.31. The summed E-state index contributed by atoms with van der Waals surface area (Å²) in [6.45, 7) is 4.25. The van der Waals surface area contributed by atoms with Crippen LogP contribution in [0.1, 0.15) is 37.9 Å². The van der Waals surface area contributed by atoms with Gasteiger partial charge in [0, 0.05) is 24.8 Å². The van der Waals surface area contributed by atoms with Crippen molar-refractivity contribution in [2.75, 3.05) is 32.1 Å². The summed E-state index contributed by atoms with van der Waals surface area (Å²) in [6, 6.07) is 9.12. The Bertz CT molecular complexity index is 380. The van der Waals surface area contributed by atoms with E-state index in [9.17, 15) is 5.11 Å². The van der Waals surface area contributed by atoms with Gasteiger partial charge in [0.25, 0.3) is 0 Å². The van der Waals surface area contributed by atoms with E-state index in [-0.39, 0.29) is 6.10 Å². The molecule has 1 aliphatic rings. The van der Waals surface area contributed by atoms with Crippen LogP contribution in [0.25, 0.3) is 0 Å². The van der Waals surface area contributed by atoms with Gasteiger partial charge in [0.15, 0.2) is 0 Å². The van der Waals surface area contributed by atoms with Gasteiger partial charge in [-0.25, -0.2) is 0 Å². The summed E-state index contributed by atoms with van der Waals surface area (Å²) >= 11 is 0. The summed E-state index contributed by atoms with van der Waals surface area (Å²) in [5.41, 5.74) is 2.30. The highest BCUT2D eigenvalue weighted by molar-refractivity contribution is 5.48. The van der Waals surface area contributed by atoms with Crippen molar-refractivity contribution >= 4 is 5.69 Å². The minimum absolute atomic E-state index is 0.325. The molecule has 1 saturated heterocycles. The number of nitrogens with zero attached hydrogens (tertiary/aromatic N) is 2. The third kappa shape index (κ3) is 3.48. The van der Waals surface area contributed by atoms with Crippen LogP contribution >= 0.6 is 0 Å². The lowest BCUT2D eigenvalue weighted by Gasteiger charge is -2.36. The molecule has 3 heteroatoms. The predicted molar refractivity (Wildman–Crippen MR) is 80.6 cm³/mol. The monoisotopic (exact) mass is 262 g/mol. The van der Waals surface area contributed by atoms with Crippen LogP contribution in [-0.4, -0.2) is 43.2 Å². The molecule has 0 bridgehead atoms. The Kier molecular flexibility index (Phi) is 4.83. The number of aliphatic hydroxyl groups excluding tert-OH is 1. The van der Waals surface area contributed by atoms with Gasteiger partial charge in [-0.3, -0.25) is 0 Å². The van der Waals surface area contributed by atoms with Crippen LogP contribution < -0.4 is 4.90 Å². The molecule has 3 nitrogen and oxygen atoms in total. The number of hydrogen-bond acceptors (Lipinski definition) is 3. The van der Waals surface area contributed by atoms with Gasteiger partial charge >= 0.3 is 0 Å². The molecule has 0 spiro atoms. The molecule has 1 N–H and O–H groups in total. The van der Waals surface area contributed by atoms with Gasteiger partial charge in [0.2, 0.25) is 0 Å². The zero-order valence-corrected chi connectivity index (χ0v) is 12.3. The fourth-order valence-corrected chi connectivity index (χ4v) is 2.78. The van der Waals surface area contributed by atoms with Gasteiger partial charge in [0.1, 0.15) is 0 Å². The normalized spacial score (nSPS) is 18.9. The summed E-state index contributed by atoms with van der Waals surface area (Å²) in [7, 11) is 4.34. The SMILES string of the molecule is CCC(O)c1ccc(N2CCC(N(C)C)CC2)cc1. The molecule has 0 aromatic heterocycles. The van der Waals surface area contributed by atoms with Crippen molar-refractivity contribution in [2.24, 2.45) is 0 Å². The number of piperidine rings is 1. The fraction of sp³-hybridized carbons (Fsp3) is 0.625. The van der Waals surface area contributed by atoms with E-state index >= 15 is 0 Å². The lowest BCUT2D eigenvalue weighted by molar-refractivity contribution is 0.173. The Morgan fingerprint density at radius 1 is 1.21 bits per heavy atom. The third-order valence-electron chi connectivity index (χ3n) is 4.22. The van der Waals surface area contributed by atoms with Crippen LogP contribution in [0, 0.1) is 0 Å². The van der Waals surface area contributed by atoms with Crippen LogP contribution in [0.15, 0.2) is 24.3 Å². The molecule has 1 aliphatic heterocycles. The van der Waals surface area contributed by atoms with Gasteiger partial charge in [-0.1, -0.05) is 19.1 Å². The molecule has 1 unspecified atom stereocenters. The van der Waals surface area contributed by atoms with Crippen LogP contribution in [0.5, 0.6) is 0 Å². The molecule has 0 saturated carbocycles.